The van der Waals surface area contributed by atoms with Crippen molar-refractivity contribution in [2.24, 2.45) is 0 Å². The molecule has 6 N–H and O–H groups in total. The lowest BCUT2D eigenvalue weighted by molar-refractivity contribution is -0.138. The van der Waals surface area contributed by atoms with Crippen LogP contribution < -0.4 is 10.6 Å². The summed E-state index contributed by atoms with van der Waals surface area (Å²) in [6.07, 6.45) is 2.46. The van der Waals surface area contributed by atoms with Crippen molar-refractivity contribution in [2.45, 2.75) is 68.7 Å². The van der Waals surface area contributed by atoms with Gasteiger partial charge in [0.1, 0.15) is 12.5 Å². The molecule has 0 aromatic heterocycles. The third kappa shape index (κ3) is 10.9. The smallest absolute Gasteiger partial charge is 0.317 e. The number of aliphatic hydroxyl groups is 2. The normalized spacial score (nSPS) is 21.0. The van der Waals surface area contributed by atoms with Crippen molar-refractivity contribution in [3.8, 4) is 0 Å². The summed E-state index contributed by atoms with van der Waals surface area (Å²) < 4.78 is 0. The van der Waals surface area contributed by atoms with E-state index in [1.165, 1.54) is 12.2 Å². The van der Waals surface area contributed by atoms with Crippen LogP contribution in [0.1, 0.15) is 44.9 Å². The SMILES string of the molecule is O=C(O)CCC(NC(O)CCCCC1CCSS1)C(O)NCC(=O)O. The van der Waals surface area contributed by atoms with E-state index in [4.69, 9.17) is 10.2 Å². The molecule has 0 aromatic carbocycles. The zero-order valence-corrected chi connectivity index (χ0v) is 15.7. The molecule has 1 heterocycles. The molecule has 4 atom stereocenters. The molecular weight excluding hydrogens is 368 g/mol. The van der Waals surface area contributed by atoms with Gasteiger partial charge in [0, 0.05) is 23.5 Å². The first-order chi connectivity index (χ1) is 11.9. The van der Waals surface area contributed by atoms with Crippen LogP contribution in [0.15, 0.2) is 0 Å². The highest BCUT2D eigenvalue weighted by Crippen LogP contribution is 2.39. The number of hydrogen-bond donors (Lipinski definition) is 6. The molecule has 0 bridgehead atoms. The predicted molar refractivity (Wildman–Crippen MR) is 98.4 cm³/mol. The third-order valence-corrected chi connectivity index (χ3v) is 6.91. The van der Waals surface area contributed by atoms with E-state index in [9.17, 15) is 19.8 Å². The Bertz CT molecular complexity index is 409. The van der Waals surface area contributed by atoms with Crippen LogP contribution in [0.25, 0.3) is 0 Å². The van der Waals surface area contributed by atoms with Gasteiger partial charge < -0.3 is 20.4 Å². The molecule has 1 fully saturated rings. The molecule has 1 aliphatic rings. The van der Waals surface area contributed by atoms with E-state index in [0.29, 0.717) is 11.7 Å². The lowest BCUT2D eigenvalue weighted by Gasteiger charge is -2.27. The number of aliphatic hydroxyl groups excluding tert-OH is 2. The van der Waals surface area contributed by atoms with E-state index in [1.54, 1.807) is 0 Å². The first-order valence-corrected chi connectivity index (χ1v) is 10.8. The van der Waals surface area contributed by atoms with Crippen molar-refractivity contribution in [3.05, 3.63) is 0 Å². The number of rotatable bonds is 14. The Labute approximate surface area is 155 Å². The molecule has 1 saturated heterocycles. The Kier molecular flexibility index (Phi) is 11.5. The number of hydrogen-bond acceptors (Lipinski definition) is 8. The maximum atomic E-state index is 10.7. The van der Waals surface area contributed by atoms with Crippen molar-refractivity contribution in [2.75, 3.05) is 12.3 Å². The van der Waals surface area contributed by atoms with Crippen LogP contribution in [0.3, 0.4) is 0 Å². The van der Waals surface area contributed by atoms with Gasteiger partial charge in [-0.25, -0.2) is 0 Å². The fraction of sp³-hybridized carbons (Fsp3) is 0.867. The average Bonchev–Trinajstić information content (AvgIpc) is 3.06. The quantitative estimate of drug-likeness (QED) is 0.142. The second-order valence-corrected chi connectivity index (χ2v) is 8.84. The summed E-state index contributed by atoms with van der Waals surface area (Å²) in [6.45, 7) is -0.445. The topological polar surface area (TPSA) is 139 Å². The standard InChI is InChI=1S/C15H28N2O6S2/c18-12(4-2-1-3-10-7-8-24-25-10)17-11(5-6-13(19)20)15(23)16-9-14(21)22/h10-12,15-18,23H,1-9H2,(H,19,20)(H,21,22). The number of unbranched alkanes of at least 4 members (excludes halogenated alkanes) is 1. The zero-order valence-electron chi connectivity index (χ0n) is 14.1. The molecule has 0 radical (unpaired) electrons. The molecule has 0 spiro atoms. The molecule has 8 nitrogen and oxygen atoms in total. The fourth-order valence-corrected chi connectivity index (χ4v) is 5.58. The number of carboxylic acids is 2. The van der Waals surface area contributed by atoms with E-state index in [0.717, 1.165) is 19.3 Å². The Balaban J connectivity index is 2.31. The summed E-state index contributed by atoms with van der Waals surface area (Å²) in [5.74, 6) is -0.940. The zero-order chi connectivity index (χ0) is 18.7. The van der Waals surface area contributed by atoms with Gasteiger partial charge >= 0.3 is 11.9 Å². The van der Waals surface area contributed by atoms with Gasteiger partial charge in [-0.3, -0.25) is 20.2 Å². The van der Waals surface area contributed by atoms with Crippen LogP contribution in [-0.4, -0.2) is 68.4 Å². The summed E-state index contributed by atoms with van der Waals surface area (Å²) in [5, 5.41) is 43.4. The Morgan fingerprint density at radius 1 is 1.12 bits per heavy atom. The molecule has 146 valence electrons. The second kappa shape index (κ2) is 12.8. The average molecular weight is 397 g/mol. The van der Waals surface area contributed by atoms with Crippen molar-refractivity contribution in [1.82, 2.24) is 10.6 Å². The first-order valence-electron chi connectivity index (χ1n) is 8.46. The minimum Gasteiger partial charge on any atom is -0.481 e. The van der Waals surface area contributed by atoms with Gasteiger partial charge in [-0.05, 0) is 32.1 Å². The van der Waals surface area contributed by atoms with E-state index in [-0.39, 0.29) is 12.8 Å². The van der Waals surface area contributed by atoms with Crippen LogP contribution in [-0.2, 0) is 9.59 Å². The lowest BCUT2D eigenvalue weighted by Crippen LogP contribution is -2.52. The van der Waals surface area contributed by atoms with Gasteiger partial charge in [-0.2, -0.15) is 0 Å². The van der Waals surface area contributed by atoms with Gasteiger partial charge in [0.05, 0.1) is 6.54 Å². The summed E-state index contributed by atoms with van der Waals surface area (Å²) in [6, 6.07) is -0.743. The van der Waals surface area contributed by atoms with Crippen molar-refractivity contribution >= 4 is 33.5 Å². The van der Waals surface area contributed by atoms with E-state index in [2.05, 4.69) is 10.6 Å². The Morgan fingerprint density at radius 2 is 1.88 bits per heavy atom. The summed E-state index contributed by atoms with van der Waals surface area (Å²) in [5.41, 5.74) is 0. The van der Waals surface area contributed by atoms with Crippen LogP contribution in [0.5, 0.6) is 0 Å². The van der Waals surface area contributed by atoms with Crippen molar-refractivity contribution in [1.29, 1.82) is 0 Å². The number of carboxylic acid groups (broad SMARTS) is 2. The monoisotopic (exact) mass is 396 g/mol. The molecular formula is C15H28N2O6S2. The van der Waals surface area contributed by atoms with Gasteiger partial charge in [0.15, 0.2) is 0 Å². The maximum Gasteiger partial charge on any atom is 0.317 e. The highest BCUT2D eigenvalue weighted by atomic mass is 33.1. The molecule has 0 aliphatic carbocycles. The molecule has 4 unspecified atom stereocenters. The first kappa shape index (κ1) is 22.5. The van der Waals surface area contributed by atoms with Crippen LogP contribution in [0.2, 0.25) is 0 Å². The van der Waals surface area contributed by atoms with Crippen LogP contribution in [0.4, 0.5) is 0 Å². The highest BCUT2D eigenvalue weighted by Gasteiger charge is 2.23. The van der Waals surface area contributed by atoms with E-state index >= 15 is 0 Å². The minimum absolute atomic E-state index is 0.0795. The molecule has 1 aliphatic heterocycles. The molecule has 0 amide bonds. The molecule has 10 heteroatoms. The predicted octanol–water partition coefficient (Wildman–Crippen LogP) is 0.834. The summed E-state index contributed by atoms with van der Waals surface area (Å²) in [7, 11) is 3.83. The fourth-order valence-electron chi connectivity index (χ4n) is 2.55. The number of aliphatic carboxylic acids is 2. The molecule has 0 aromatic rings. The second-order valence-electron chi connectivity index (χ2n) is 6.05. The van der Waals surface area contributed by atoms with Gasteiger partial charge in [-0.1, -0.05) is 28.0 Å². The minimum atomic E-state index is -1.25. The van der Waals surface area contributed by atoms with Crippen LogP contribution >= 0.6 is 21.6 Å². The highest BCUT2D eigenvalue weighted by molar-refractivity contribution is 8.77. The summed E-state index contributed by atoms with van der Waals surface area (Å²) >= 11 is 0. The third-order valence-electron chi connectivity index (χ3n) is 3.90. The van der Waals surface area contributed by atoms with Gasteiger partial charge in [-0.15, -0.1) is 0 Å². The molecule has 25 heavy (non-hydrogen) atoms. The van der Waals surface area contributed by atoms with Crippen molar-refractivity contribution < 1.29 is 30.0 Å². The van der Waals surface area contributed by atoms with E-state index < -0.39 is 37.0 Å². The van der Waals surface area contributed by atoms with E-state index in [1.807, 2.05) is 21.6 Å². The summed E-state index contributed by atoms with van der Waals surface area (Å²) in [4.78, 5) is 21.3. The van der Waals surface area contributed by atoms with Gasteiger partial charge in [0.2, 0.25) is 0 Å². The Morgan fingerprint density at radius 3 is 2.48 bits per heavy atom. The van der Waals surface area contributed by atoms with Crippen molar-refractivity contribution in [3.63, 3.8) is 0 Å². The molecule has 0 saturated carbocycles. The number of carbonyl (C=O) groups is 2. The van der Waals surface area contributed by atoms with Gasteiger partial charge in [0.25, 0.3) is 0 Å². The molecule has 1 rings (SSSR count). The maximum absolute atomic E-state index is 10.7. The Hall–Kier alpha value is -0.520. The van der Waals surface area contributed by atoms with Crippen LogP contribution in [0, 0.1) is 0 Å². The number of nitrogens with one attached hydrogen (secondary N) is 2. The lowest BCUT2D eigenvalue weighted by atomic mass is 10.1. The largest absolute Gasteiger partial charge is 0.481 e.